The predicted octanol–water partition coefficient (Wildman–Crippen LogP) is 0.420. The number of likely N-dealkylation sites (N-methyl/N-ethyl adjacent to an activating group) is 1. The fourth-order valence-corrected chi connectivity index (χ4v) is 2.85. The SMILES string of the molecule is CN1CCCN(C2CCCC(N)C2)CC1=O. The molecule has 16 heavy (non-hydrogen) atoms. The Labute approximate surface area is 97.8 Å². The fourth-order valence-electron chi connectivity index (χ4n) is 2.85. The molecule has 1 amide bonds. The molecule has 2 N–H and O–H groups in total. The zero-order valence-corrected chi connectivity index (χ0v) is 10.2. The zero-order valence-electron chi connectivity index (χ0n) is 10.2. The number of carbonyl (C=O) groups is 1. The Balaban J connectivity index is 1.95. The number of amides is 1. The maximum absolute atomic E-state index is 11.8. The van der Waals surface area contributed by atoms with E-state index in [0.29, 0.717) is 18.6 Å². The lowest BCUT2D eigenvalue weighted by atomic mass is 9.90. The van der Waals surface area contributed by atoms with Gasteiger partial charge in [0.1, 0.15) is 0 Å². The quantitative estimate of drug-likeness (QED) is 0.703. The molecular formula is C12H23N3O. The topological polar surface area (TPSA) is 49.6 Å². The van der Waals surface area contributed by atoms with Crippen LogP contribution in [-0.2, 0) is 4.79 Å². The molecule has 2 unspecified atom stereocenters. The summed E-state index contributed by atoms with van der Waals surface area (Å²) in [6.07, 6.45) is 5.74. The van der Waals surface area contributed by atoms with Gasteiger partial charge in [-0.05, 0) is 25.7 Å². The van der Waals surface area contributed by atoms with Crippen LogP contribution in [0.3, 0.4) is 0 Å². The van der Waals surface area contributed by atoms with Gasteiger partial charge in [-0.25, -0.2) is 0 Å². The van der Waals surface area contributed by atoms with Crippen molar-refractivity contribution >= 4 is 5.91 Å². The Kier molecular flexibility index (Phi) is 3.82. The average molecular weight is 225 g/mol. The summed E-state index contributed by atoms with van der Waals surface area (Å²) in [5.41, 5.74) is 6.01. The molecule has 4 heteroatoms. The molecule has 92 valence electrons. The highest BCUT2D eigenvalue weighted by Crippen LogP contribution is 2.23. The van der Waals surface area contributed by atoms with Crippen LogP contribution in [0, 0.1) is 0 Å². The maximum atomic E-state index is 11.8. The van der Waals surface area contributed by atoms with Crippen molar-refractivity contribution in [3.63, 3.8) is 0 Å². The highest BCUT2D eigenvalue weighted by atomic mass is 16.2. The summed E-state index contributed by atoms with van der Waals surface area (Å²) in [4.78, 5) is 16.0. The van der Waals surface area contributed by atoms with Crippen molar-refractivity contribution in [1.29, 1.82) is 0 Å². The minimum absolute atomic E-state index is 0.261. The summed E-state index contributed by atoms with van der Waals surface area (Å²) in [5.74, 6) is 0.261. The number of nitrogens with two attached hydrogens (primary N) is 1. The smallest absolute Gasteiger partial charge is 0.236 e. The van der Waals surface area contributed by atoms with Crippen LogP contribution in [0.4, 0.5) is 0 Å². The van der Waals surface area contributed by atoms with E-state index in [-0.39, 0.29) is 5.91 Å². The largest absolute Gasteiger partial charge is 0.345 e. The molecule has 0 aromatic heterocycles. The highest BCUT2D eigenvalue weighted by Gasteiger charge is 2.28. The van der Waals surface area contributed by atoms with Crippen LogP contribution in [0.2, 0.25) is 0 Å². The third-order valence-electron chi connectivity index (χ3n) is 3.91. The Hall–Kier alpha value is -0.610. The summed E-state index contributed by atoms with van der Waals surface area (Å²) >= 11 is 0. The number of nitrogens with zero attached hydrogens (tertiary/aromatic N) is 2. The first kappa shape index (κ1) is 11.9. The second kappa shape index (κ2) is 5.15. The van der Waals surface area contributed by atoms with Gasteiger partial charge in [-0.1, -0.05) is 6.42 Å². The molecule has 0 spiro atoms. The summed E-state index contributed by atoms with van der Waals surface area (Å²) in [6, 6.07) is 0.883. The van der Waals surface area contributed by atoms with E-state index >= 15 is 0 Å². The van der Waals surface area contributed by atoms with Crippen molar-refractivity contribution in [3.8, 4) is 0 Å². The van der Waals surface area contributed by atoms with Gasteiger partial charge >= 0.3 is 0 Å². The predicted molar refractivity (Wildman–Crippen MR) is 64.1 cm³/mol. The Morgan fingerprint density at radius 3 is 2.81 bits per heavy atom. The van der Waals surface area contributed by atoms with Gasteiger partial charge in [-0.3, -0.25) is 9.69 Å². The number of hydrogen-bond acceptors (Lipinski definition) is 3. The van der Waals surface area contributed by atoms with Crippen molar-refractivity contribution in [2.75, 3.05) is 26.7 Å². The van der Waals surface area contributed by atoms with E-state index < -0.39 is 0 Å². The fraction of sp³-hybridized carbons (Fsp3) is 0.917. The summed E-state index contributed by atoms with van der Waals surface area (Å²) < 4.78 is 0. The molecule has 2 rings (SSSR count). The molecule has 2 fully saturated rings. The second-order valence-electron chi connectivity index (χ2n) is 5.22. The molecule has 1 saturated heterocycles. The van der Waals surface area contributed by atoms with Crippen LogP contribution in [-0.4, -0.2) is 54.5 Å². The number of rotatable bonds is 1. The lowest BCUT2D eigenvalue weighted by Gasteiger charge is -2.35. The van der Waals surface area contributed by atoms with E-state index in [1.807, 2.05) is 11.9 Å². The molecule has 0 bridgehead atoms. The average Bonchev–Trinajstić information content (AvgIpc) is 2.42. The first-order valence-corrected chi connectivity index (χ1v) is 6.40. The molecule has 1 saturated carbocycles. The van der Waals surface area contributed by atoms with Crippen molar-refractivity contribution < 1.29 is 4.79 Å². The van der Waals surface area contributed by atoms with Crippen molar-refractivity contribution in [1.82, 2.24) is 9.80 Å². The molecule has 2 aliphatic rings. The lowest BCUT2D eigenvalue weighted by molar-refractivity contribution is -0.130. The third-order valence-corrected chi connectivity index (χ3v) is 3.91. The summed E-state index contributed by atoms with van der Waals surface area (Å²) in [6.45, 7) is 2.54. The van der Waals surface area contributed by atoms with E-state index in [0.717, 1.165) is 32.4 Å². The Morgan fingerprint density at radius 1 is 1.25 bits per heavy atom. The zero-order chi connectivity index (χ0) is 11.5. The molecule has 1 aliphatic carbocycles. The Bertz CT molecular complexity index is 257. The summed E-state index contributed by atoms with van der Waals surface area (Å²) in [7, 11) is 1.90. The molecule has 1 heterocycles. The van der Waals surface area contributed by atoms with E-state index in [9.17, 15) is 4.79 Å². The number of hydrogen-bond donors (Lipinski definition) is 1. The van der Waals surface area contributed by atoms with Crippen LogP contribution < -0.4 is 5.73 Å². The van der Waals surface area contributed by atoms with Crippen LogP contribution in [0.1, 0.15) is 32.1 Å². The van der Waals surface area contributed by atoms with Gasteiger partial charge in [0.15, 0.2) is 0 Å². The molecule has 0 radical (unpaired) electrons. The van der Waals surface area contributed by atoms with Crippen LogP contribution >= 0.6 is 0 Å². The molecule has 4 nitrogen and oxygen atoms in total. The first-order chi connectivity index (χ1) is 7.66. The standard InChI is InChI=1S/C12H23N3O/c1-14-6-3-7-15(9-12(14)16)11-5-2-4-10(13)8-11/h10-11H,2-9,13H2,1H3. The first-order valence-electron chi connectivity index (χ1n) is 6.40. The third kappa shape index (κ3) is 2.74. The molecular weight excluding hydrogens is 202 g/mol. The maximum Gasteiger partial charge on any atom is 0.236 e. The van der Waals surface area contributed by atoms with E-state index in [2.05, 4.69) is 4.90 Å². The van der Waals surface area contributed by atoms with Gasteiger partial charge in [0, 0.05) is 32.2 Å². The number of carbonyl (C=O) groups excluding carboxylic acids is 1. The monoisotopic (exact) mass is 225 g/mol. The second-order valence-corrected chi connectivity index (χ2v) is 5.22. The van der Waals surface area contributed by atoms with Gasteiger partial charge in [-0.2, -0.15) is 0 Å². The molecule has 2 atom stereocenters. The lowest BCUT2D eigenvalue weighted by Crippen LogP contribution is -2.45. The van der Waals surface area contributed by atoms with E-state index in [4.69, 9.17) is 5.73 Å². The molecule has 0 aromatic carbocycles. The Morgan fingerprint density at radius 2 is 2.06 bits per heavy atom. The van der Waals surface area contributed by atoms with Crippen LogP contribution in [0.15, 0.2) is 0 Å². The van der Waals surface area contributed by atoms with Gasteiger partial charge < -0.3 is 10.6 Å². The molecule has 1 aliphatic heterocycles. The van der Waals surface area contributed by atoms with E-state index in [1.165, 1.54) is 12.8 Å². The van der Waals surface area contributed by atoms with Crippen LogP contribution in [0.25, 0.3) is 0 Å². The summed E-state index contributed by atoms with van der Waals surface area (Å²) in [5, 5.41) is 0. The van der Waals surface area contributed by atoms with Crippen molar-refractivity contribution in [2.24, 2.45) is 5.73 Å². The minimum Gasteiger partial charge on any atom is -0.345 e. The normalized spacial score (nSPS) is 33.9. The molecule has 0 aromatic rings. The van der Waals surface area contributed by atoms with E-state index in [1.54, 1.807) is 0 Å². The van der Waals surface area contributed by atoms with Gasteiger partial charge in [0.05, 0.1) is 6.54 Å². The van der Waals surface area contributed by atoms with Crippen LogP contribution in [0.5, 0.6) is 0 Å². The van der Waals surface area contributed by atoms with Crippen molar-refractivity contribution in [3.05, 3.63) is 0 Å². The van der Waals surface area contributed by atoms with Gasteiger partial charge in [0.2, 0.25) is 5.91 Å². The van der Waals surface area contributed by atoms with Gasteiger partial charge in [0.25, 0.3) is 0 Å². The van der Waals surface area contributed by atoms with Gasteiger partial charge in [-0.15, -0.1) is 0 Å². The minimum atomic E-state index is 0.261. The van der Waals surface area contributed by atoms with Crippen molar-refractivity contribution in [2.45, 2.75) is 44.2 Å². The highest BCUT2D eigenvalue weighted by molar-refractivity contribution is 5.78.